The van der Waals surface area contributed by atoms with Crippen molar-refractivity contribution in [1.29, 1.82) is 0 Å². The predicted octanol–water partition coefficient (Wildman–Crippen LogP) is 2.94. The first-order chi connectivity index (χ1) is 5.49. The maximum Gasteiger partial charge on any atom is 0.00673 e. The van der Waals surface area contributed by atoms with E-state index in [2.05, 4.69) is 20.8 Å². The van der Waals surface area contributed by atoms with E-state index in [0.717, 1.165) is 5.92 Å². The normalized spacial score (nSPS) is 32.0. The van der Waals surface area contributed by atoms with Gasteiger partial charge in [-0.25, -0.2) is 0 Å². The molecule has 72 valence electrons. The van der Waals surface area contributed by atoms with E-state index in [0.29, 0.717) is 11.5 Å². The Hall–Kier alpha value is -0.0400. The Labute approximate surface area is 76.7 Å². The number of hydrogen-bond donors (Lipinski definition) is 1. The first-order valence-corrected chi connectivity index (χ1v) is 5.24. The molecular weight excluding hydrogens is 146 g/mol. The standard InChI is InChI=1S/C11H23N/c1-11(2,3)8-9-6-4-5-7-10(9)12/h9-10H,4-8,12H2,1-3H3/t9-,10-/m0/s1. The minimum Gasteiger partial charge on any atom is -0.327 e. The maximum absolute atomic E-state index is 6.09. The van der Waals surface area contributed by atoms with Crippen LogP contribution in [0.5, 0.6) is 0 Å². The second-order valence-electron chi connectivity index (χ2n) is 5.47. The molecular formula is C11H23N. The second kappa shape index (κ2) is 3.78. The number of nitrogens with two attached hydrogens (primary N) is 1. The summed E-state index contributed by atoms with van der Waals surface area (Å²) in [4.78, 5) is 0. The monoisotopic (exact) mass is 169 g/mol. The summed E-state index contributed by atoms with van der Waals surface area (Å²) in [5.74, 6) is 0.791. The summed E-state index contributed by atoms with van der Waals surface area (Å²) in [7, 11) is 0. The lowest BCUT2D eigenvalue weighted by atomic mass is 9.75. The zero-order valence-electron chi connectivity index (χ0n) is 8.77. The van der Waals surface area contributed by atoms with Crippen molar-refractivity contribution in [3.8, 4) is 0 Å². The van der Waals surface area contributed by atoms with Gasteiger partial charge in [0.05, 0.1) is 0 Å². The van der Waals surface area contributed by atoms with Gasteiger partial charge in [-0.2, -0.15) is 0 Å². The van der Waals surface area contributed by atoms with Crippen LogP contribution in [0.2, 0.25) is 0 Å². The Morgan fingerprint density at radius 3 is 2.25 bits per heavy atom. The zero-order valence-corrected chi connectivity index (χ0v) is 8.77. The van der Waals surface area contributed by atoms with Gasteiger partial charge in [0, 0.05) is 6.04 Å². The van der Waals surface area contributed by atoms with Crippen LogP contribution < -0.4 is 5.73 Å². The van der Waals surface area contributed by atoms with Crippen LogP contribution in [0.25, 0.3) is 0 Å². The fourth-order valence-corrected chi connectivity index (χ4v) is 2.28. The molecule has 0 spiro atoms. The van der Waals surface area contributed by atoms with Crippen LogP contribution in [-0.2, 0) is 0 Å². The molecule has 1 aliphatic carbocycles. The average molecular weight is 169 g/mol. The predicted molar refractivity (Wildman–Crippen MR) is 54.0 cm³/mol. The van der Waals surface area contributed by atoms with E-state index < -0.39 is 0 Å². The molecule has 1 fully saturated rings. The molecule has 0 bridgehead atoms. The Balaban J connectivity index is 2.39. The van der Waals surface area contributed by atoms with Crippen LogP contribution in [-0.4, -0.2) is 6.04 Å². The van der Waals surface area contributed by atoms with Crippen LogP contribution in [0.3, 0.4) is 0 Å². The molecule has 0 saturated heterocycles. The average Bonchev–Trinajstić information content (AvgIpc) is 1.91. The lowest BCUT2D eigenvalue weighted by Crippen LogP contribution is -2.35. The van der Waals surface area contributed by atoms with Gasteiger partial charge in [-0.3, -0.25) is 0 Å². The van der Waals surface area contributed by atoms with Crippen LogP contribution >= 0.6 is 0 Å². The Morgan fingerprint density at radius 1 is 1.17 bits per heavy atom. The first kappa shape index (κ1) is 10.0. The molecule has 1 saturated carbocycles. The Kier molecular flexibility index (Phi) is 3.16. The van der Waals surface area contributed by atoms with E-state index in [1.54, 1.807) is 0 Å². The van der Waals surface area contributed by atoms with E-state index in [-0.39, 0.29) is 0 Å². The third-order valence-electron chi connectivity index (χ3n) is 2.84. The van der Waals surface area contributed by atoms with Crippen LogP contribution in [0, 0.1) is 11.3 Å². The van der Waals surface area contributed by atoms with Crippen molar-refractivity contribution >= 4 is 0 Å². The minimum absolute atomic E-state index is 0.458. The molecule has 1 aliphatic rings. The van der Waals surface area contributed by atoms with Crippen LogP contribution in [0.4, 0.5) is 0 Å². The number of rotatable bonds is 1. The molecule has 0 aromatic rings. The lowest BCUT2D eigenvalue weighted by molar-refractivity contribution is 0.213. The molecule has 0 amide bonds. The largest absolute Gasteiger partial charge is 0.327 e. The number of hydrogen-bond acceptors (Lipinski definition) is 1. The highest BCUT2D eigenvalue weighted by atomic mass is 14.7. The van der Waals surface area contributed by atoms with Gasteiger partial charge in [-0.15, -0.1) is 0 Å². The summed E-state index contributed by atoms with van der Waals surface area (Å²) in [5.41, 5.74) is 6.54. The molecule has 2 atom stereocenters. The van der Waals surface area contributed by atoms with Crippen molar-refractivity contribution in [2.75, 3.05) is 0 Å². The summed E-state index contributed by atoms with van der Waals surface area (Å²) in [6.07, 6.45) is 6.66. The smallest absolute Gasteiger partial charge is 0.00673 e. The van der Waals surface area contributed by atoms with Crippen molar-refractivity contribution in [3.63, 3.8) is 0 Å². The van der Waals surface area contributed by atoms with Crippen LogP contribution in [0.1, 0.15) is 52.9 Å². The maximum atomic E-state index is 6.09. The van der Waals surface area contributed by atoms with Crippen molar-refractivity contribution in [2.45, 2.75) is 58.9 Å². The van der Waals surface area contributed by atoms with Crippen molar-refractivity contribution in [3.05, 3.63) is 0 Å². The molecule has 0 unspecified atom stereocenters. The minimum atomic E-state index is 0.458. The molecule has 1 rings (SSSR count). The van der Waals surface area contributed by atoms with Gasteiger partial charge in [-0.05, 0) is 30.6 Å². The van der Waals surface area contributed by atoms with E-state index in [9.17, 15) is 0 Å². The highest BCUT2D eigenvalue weighted by molar-refractivity contribution is 4.81. The highest BCUT2D eigenvalue weighted by Crippen LogP contribution is 2.33. The zero-order chi connectivity index (χ0) is 9.19. The van der Waals surface area contributed by atoms with Crippen molar-refractivity contribution in [1.82, 2.24) is 0 Å². The topological polar surface area (TPSA) is 26.0 Å². The lowest BCUT2D eigenvalue weighted by Gasteiger charge is -2.33. The Bertz CT molecular complexity index is 134. The molecule has 1 heteroatoms. The third kappa shape index (κ3) is 3.14. The molecule has 0 aliphatic heterocycles. The van der Waals surface area contributed by atoms with E-state index in [4.69, 9.17) is 5.73 Å². The molecule has 0 aromatic carbocycles. The van der Waals surface area contributed by atoms with Gasteiger partial charge in [-0.1, -0.05) is 33.6 Å². The fourth-order valence-electron chi connectivity index (χ4n) is 2.28. The third-order valence-corrected chi connectivity index (χ3v) is 2.84. The van der Waals surface area contributed by atoms with Gasteiger partial charge < -0.3 is 5.73 Å². The van der Waals surface area contributed by atoms with Gasteiger partial charge in [0.25, 0.3) is 0 Å². The summed E-state index contributed by atoms with van der Waals surface area (Å²) in [6, 6.07) is 0.484. The summed E-state index contributed by atoms with van der Waals surface area (Å²) in [5, 5.41) is 0. The van der Waals surface area contributed by atoms with E-state index in [1.165, 1.54) is 32.1 Å². The van der Waals surface area contributed by atoms with Gasteiger partial charge in [0.1, 0.15) is 0 Å². The van der Waals surface area contributed by atoms with Gasteiger partial charge in [0.15, 0.2) is 0 Å². The van der Waals surface area contributed by atoms with Crippen molar-refractivity contribution in [2.24, 2.45) is 17.1 Å². The van der Waals surface area contributed by atoms with Crippen LogP contribution in [0.15, 0.2) is 0 Å². The molecule has 0 radical (unpaired) electrons. The summed E-state index contributed by atoms with van der Waals surface area (Å²) < 4.78 is 0. The van der Waals surface area contributed by atoms with Gasteiger partial charge in [0.2, 0.25) is 0 Å². The molecule has 2 N–H and O–H groups in total. The molecule has 1 nitrogen and oxygen atoms in total. The van der Waals surface area contributed by atoms with E-state index >= 15 is 0 Å². The van der Waals surface area contributed by atoms with Crippen molar-refractivity contribution < 1.29 is 0 Å². The summed E-state index contributed by atoms with van der Waals surface area (Å²) in [6.45, 7) is 6.94. The highest BCUT2D eigenvalue weighted by Gasteiger charge is 2.25. The molecule has 0 aromatic heterocycles. The molecule has 0 heterocycles. The summed E-state index contributed by atoms with van der Waals surface area (Å²) >= 11 is 0. The first-order valence-electron chi connectivity index (χ1n) is 5.24. The molecule has 12 heavy (non-hydrogen) atoms. The second-order valence-corrected chi connectivity index (χ2v) is 5.47. The Morgan fingerprint density at radius 2 is 1.75 bits per heavy atom. The fraction of sp³-hybridized carbons (Fsp3) is 1.00. The SMILES string of the molecule is CC(C)(C)C[C@@H]1CCCC[C@@H]1N. The van der Waals surface area contributed by atoms with E-state index in [1.807, 2.05) is 0 Å². The quantitative estimate of drug-likeness (QED) is 0.641. The van der Waals surface area contributed by atoms with Gasteiger partial charge >= 0.3 is 0 Å².